The molecule has 0 amide bonds. The van der Waals surface area contributed by atoms with Gasteiger partial charge in [-0.2, -0.15) is 5.26 Å². The summed E-state index contributed by atoms with van der Waals surface area (Å²) in [6, 6.07) is 4.66. The zero-order valence-corrected chi connectivity index (χ0v) is 8.95. The van der Waals surface area contributed by atoms with Gasteiger partial charge in [0.2, 0.25) is 0 Å². The first kappa shape index (κ1) is 12.1. The fourth-order valence-corrected chi connectivity index (χ4v) is 1.29. The lowest BCUT2D eigenvalue weighted by Crippen LogP contribution is -1.95. The first-order chi connectivity index (χ1) is 7.47. The highest BCUT2D eigenvalue weighted by Gasteiger charge is 2.18. The largest absolute Gasteiger partial charge is 0.278 e. The van der Waals surface area contributed by atoms with E-state index in [1.807, 2.05) is 0 Å². The van der Waals surface area contributed by atoms with E-state index in [2.05, 4.69) is 0 Å². The van der Waals surface area contributed by atoms with Crippen LogP contribution in [0.5, 0.6) is 0 Å². The van der Waals surface area contributed by atoms with E-state index in [9.17, 15) is 14.5 Å². The van der Waals surface area contributed by atoms with Gasteiger partial charge in [-0.25, -0.2) is 4.39 Å². The quantitative estimate of drug-likeness (QED) is 0.453. The van der Waals surface area contributed by atoms with Crippen molar-refractivity contribution in [3.05, 3.63) is 45.3 Å². The van der Waals surface area contributed by atoms with Crippen molar-refractivity contribution in [3.8, 4) is 6.07 Å². The molecule has 0 saturated carbocycles. The van der Waals surface area contributed by atoms with Crippen LogP contribution in [0.1, 0.15) is 12.5 Å². The Morgan fingerprint density at radius 1 is 1.62 bits per heavy atom. The Balaban J connectivity index is 3.49. The maximum atomic E-state index is 13.0. The van der Waals surface area contributed by atoms with Crippen LogP contribution in [0.25, 0.3) is 5.03 Å². The number of allylic oxidation sites excluding steroid dienone is 1. The Kier molecular flexibility index (Phi) is 3.59. The molecule has 0 bridgehead atoms. The van der Waals surface area contributed by atoms with Gasteiger partial charge in [0.15, 0.2) is 0 Å². The number of halogens is 2. The summed E-state index contributed by atoms with van der Waals surface area (Å²) in [6.07, 6.45) is 0. The third kappa shape index (κ3) is 2.35. The summed E-state index contributed by atoms with van der Waals surface area (Å²) in [6.45, 7) is 1.40. The van der Waals surface area contributed by atoms with Crippen LogP contribution in [0, 0.1) is 27.3 Å². The summed E-state index contributed by atoms with van der Waals surface area (Å²) in [4.78, 5) is 9.99. The van der Waals surface area contributed by atoms with Gasteiger partial charge in [0.25, 0.3) is 5.69 Å². The Labute approximate surface area is 95.7 Å². The van der Waals surface area contributed by atoms with Gasteiger partial charge in [0.05, 0.1) is 21.6 Å². The monoisotopic (exact) mass is 240 g/mol. The van der Waals surface area contributed by atoms with Gasteiger partial charge in [-0.05, 0) is 19.1 Å². The van der Waals surface area contributed by atoms with E-state index in [-0.39, 0.29) is 21.9 Å². The Morgan fingerprint density at radius 2 is 2.25 bits per heavy atom. The molecule has 0 aliphatic carbocycles. The molecular weight excluding hydrogens is 235 g/mol. The molecule has 82 valence electrons. The highest BCUT2D eigenvalue weighted by Crippen LogP contribution is 2.31. The maximum absolute atomic E-state index is 13.0. The number of hydrogen-bond acceptors (Lipinski definition) is 3. The van der Waals surface area contributed by atoms with Crippen LogP contribution in [0.2, 0.25) is 0 Å². The molecule has 0 unspecified atom stereocenters. The standard InChI is InChI=1S/C10H6ClFN2O2/c1-6(5-13)10(11)8-4-7(12)2-3-9(8)14(15)16/h2-4H,1H3. The van der Waals surface area contributed by atoms with Crippen LogP contribution >= 0.6 is 11.6 Å². The molecule has 0 heterocycles. The van der Waals surface area contributed by atoms with Gasteiger partial charge >= 0.3 is 0 Å². The van der Waals surface area contributed by atoms with E-state index in [0.29, 0.717) is 0 Å². The summed E-state index contributed by atoms with van der Waals surface area (Å²) in [7, 11) is 0. The van der Waals surface area contributed by atoms with Crippen LogP contribution in [0.15, 0.2) is 23.8 Å². The fraction of sp³-hybridized carbons (Fsp3) is 0.100. The Bertz CT molecular complexity index is 520. The topological polar surface area (TPSA) is 66.9 Å². The number of nitrogens with zero attached hydrogens (tertiary/aromatic N) is 2. The minimum Gasteiger partial charge on any atom is -0.258 e. The van der Waals surface area contributed by atoms with Crippen LogP contribution in [0.3, 0.4) is 0 Å². The second kappa shape index (κ2) is 4.73. The SMILES string of the molecule is CC(C#N)=C(Cl)c1cc(F)ccc1[N+](=O)[O-]. The Morgan fingerprint density at radius 3 is 2.75 bits per heavy atom. The molecule has 4 nitrogen and oxygen atoms in total. The predicted octanol–water partition coefficient (Wildman–Crippen LogP) is 3.23. The number of nitro benzene ring substituents is 1. The molecule has 0 atom stereocenters. The van der Waals surface area contributed by atoms with Gasteiger partial charge in [-0.3, -0.25) is 10.1 Å². The van der Waals surface area contributed by atoms with E-state index in [0.717, 1.165) is 18.2 Å². The molecule has 6 heteroatoms. The smallest absolute Gasteiger partial charge is 0.258 e. The summed E-state index contributed by atoms with van der Waals surface area (Å²) in [5.41, 5.74) is -0.331. The third-order valence-electron chi connectivity index (χ3n) is 1.89. The van der Waals surface area contributed by atoms with E-state index >= 15 is 0 Å². The van der Waals surface area contributed by atoms with Gasteiger partial charge in [0.1, 0.15) is 5.82 Å². The van der Waals surface area contributed by atoms with Gasteiger partial charge in [0, 0.05) is 11.6 Å². The molecule has 0 fully saturated rings. The molecule has 16 heavy (non-hydrogen) atoms. The third-order valence-corrected chi connectivity index (χ3v) is 2.38. The molecule has 0 radical (unpaired) electrons. The summed E-state index contributed by atoms with van der Waals surface area (Å²) in [5.74, 6) is -0.649. The second-order valence-corrected chi connectivity index (χ2v) is 3.35. The van der Waals surface area contributed by atoms with Crippen molar-refractivity contribution in [1.82, 2.24) is 0 Å². The highest BCUT2D eigenvalue weighted by atomic mass is 35.5. The van der Waals surface area contributed by atoms with Crippen LogP contribution in [-0.2, 0) is 0 Å². The summed E-state index contributed by atoms with van der Waals surface area (Å²) in [5, 5.41) is 19.2. The number of rotatable bonds is 2. The number of nitro groups is 1. The predicted molar refractivity (Wildman–Crippen MR) is 57.1 cm³/mol. The molecular formula is C10H6ClFN2O2. The molecule has 0 N–H and O–H groups in total. The number of nitriles is 1. The minimum atomic E-state index is -0.679. The Hall–Kier alpha value is -1.93. The van der Waals surface area contributed by atoms with Gasteiger partial charge in [-0.1, -0.05) is 11.6 Å². The van der Waals surface area contributed by atoms with Crippen LogP contribution < -0.4 is 0 Å². The molecule has 1 aromatic rings. The molecule has 0 aliphatic rings. The molecule has 0 aliphatic heterocycles. The van der Waals surface area contributed by atoms with E-state index in [4.69, 9.17) is 16.9 Å². The number of benzene rings is 1. The molecule has 1 rings (SSSR count). The summed E-state index contributed by atoms with van der Waals surface area (Å²) >= 11 is 5.76. The van der Waals surface area contributed by atoms with Crippen molar-refractivity contribution >= 4 is 22.3 Å². The van der Waals surface area contributed by atoms with Crippen molar-refractivity contribution in [1.29, 1.82) is 5.26 Å². The van der Waals surface area contributed by atoms with Crippen LogP contribution in [-0.4, -0.2) is 4.92 Å². The minimum absolute atomic E-state index is 0.0919. The van der Waals surface area contributed by atoms with Crippen molar-refractivity contribution in [2.24, 2.45) is 0 Å². The highest BCUT2D eigenvalue weighted by molar-refractivity contribution is 6.50. The summed E-state index contributed by atoms with van der Waals surface area (Å²) < 4.78 is 13.0. The van der Waals surface area contributed by atoms with Gasteiger partial charge in [-0.15, -0.1) is 0 Å². The van der Waals surface area contributed by atoms with E-state index < -0.39 is 10.7 Å². The van der Waals surface area contributed by atoms with E-state index in [1.165, 1.54) is 6.92 Å². The maximum Gasteiger partial charge on any atom is 0.278 e. The average Bonchev–Trinajstić information content (AvgIpc) is 2.26. The molecule has 0 aromatic heterocycles. The zero-order chi connectivity index (χ0) is 12.3. The lowest BCUT2D eigenvalue weighted by atomic mass is 10.1. The molecule has 0 spiro atoms. The molecule has 1 aromatic carbocycles. The van der Waals surface area contributed by atoms with Crippen molar-refractivity contribution in [3.63, 3.8) is 0 Å². The van der Waals surface area contributed by atoms with Crippen LogP contribution in [0.4, 0.5) is 10.1 Å². The number of hydrogen-bond donors (Lipinski definition) is 0. The van der Waals surface area contributed by atoms with Crippen molar-refractivity contribution in [2.45, 2.75) is 6.92 Å². The second-order valence-electron chi connectivity index (χ2n) is 2.97. The fourth-order valence-electron chi connectivity index (χ4n) is 1.09. The average molecular weight is 241 g/mol. The zero-order valence-electron chi connectivity index (χ0n) is 8.20. The first-order valence-electron chi connectivity index (χ1n) is 4.18. The first-order valence-corrected chi connectivity index (χ1v) is 4.56. The van der Waals surface area contributed by atoms with Crippen molar-refractivity contribution in [2.75, 3.05) is 0 Å². The van der Waals surface area contributed by atoms with E-state index in [1.54, 1.807) is 6.07 Å². The van der Waals surface area contributed by atoms with Gasteiger partial charge < -0.3 is 0 Å². The lowest BCUT2D eigenvalue weighted by Gasteiger charge is -2.02. The normalized spacial score (nSPS) is 11.6. The molecule has 0 saturated heterocycles. The van der Waals surface area contributed by atoms with Crippen molar-refractivity contribution < 1.29 is 9.31 Å². The lowest BCUT2D eigenvalue weighted by molar-refractivity contribution is -0.385.